The molecule has 0 fully saturated rings. The van der Waals surface area contributed by atoms with E-state index in [0.717, 1.165) is 0 Å². The molecule has 114 valence electrons. The first kappa shape index (κ1) is 15.7. The van der Waals surface area contributed by atoms with Crippen molar-refractivity contribution in [2.45, 2.75) is 26.1 Å². The van der Waals surface area contributed by atoms with Crippen LogP contribution in [0.4, 0.5) is 24.5 Å². The van der Waals surface area contributed by atoms with E-state index in [0.29, 0.717) is 28.7 Å². The van der Waals surface area contributed by atoms with Crippen LogP contribution in [-0.2, 0) is 6.18 Å². The molecule has 1 aromatic carbocycles. The number of hydrogen-bond acceptors (Lipinski definition) is 6. The lowest BCUT2D eigenvalue weighted by atomic mass is 10.1. The van der Waals surface area contributed by atoms with E-state index in [9.17, 15) is 28.1 Å². The van der Waals surface area contributed by atoms with Gasteiger partial charge >= 0.3 is 6.18 Å². The minimum atomic E-state index is -4.76. The van der Waals surface area contributed by atoms with Gasteiger partial charge in [0.25, 0.3) is 9.74 Å². The number of halogens is 3. The fraction of sp³-hybridized carbons (Fsp3) is 0.364. The van der Waals surface area contributed by atoms with Gasteiger partial charge in [-0.3, -0.25) is 14.9 Å². The summed E-state index contributed by atoms with van der Waals surface area (Å²) < 4.78 is 38.3. The van der Waals surface area contributed by atoms with Gasteiger partial charge in [0.05, 0.1) is 19.9 Å². The van der Waals surface area contributed by atoms with Gasteiger partial charge in [-0.2, -0.15) is 13.2 Å². The normalized spacial score (nSPS) is 12.1. The van der Waals surface area contributed by atoms with Crippen molar-refractivity contribution in [3.63, 3.8) is 0 Å². The molecule has 1 N–H and O–H groups in total. The van der Waals surface area contributed by atoms with Crippen LogP contribution < -0.4 is 9.37 Å². The molecule has 0 atom stereocenters. The van der Waals surface area contributed by atoms with Gasteiger partial charge in [-0.05, 0) is 13.8 Å². The molecule has 0 aliphatic rings. The Kier molecular flexibility index (Phi) is 3.93. The summed E-state index contributed by atoms with van der Waals surface area (Å²) in [5.74, 6) is 0. The SMILES string of the molecule is CC(C)Nc1c([N+](=O)[O-])cc(C(F)(F)F)c2sc(=O)sc12. The van der Waals surface area contributed by atoms with Crippen molar-refractivity contribution in [1.82, 2.24) is 0 Å². The van der Waals surface area contributed by atoms with Crippen molar-refractivity contribution >= 4 is 43.4 Å². The van der Waals surface area contributed by atoms with Crippen LogP contribution in [0.2, 0.25) is 0 Å². The van der Waals surface area contributed by atoms with Gasteiger partial charge in [0.15, 0.2) is 0 Å². The first-order valence-corrected chi connectivity index (χ1v) is 7.33. The number of fused-ring (bicyclic) bond motifs is 1. The molecule has 0 radical (unpaired) electrons. The fourth-order valence-corrected chi connectivity index (χ4v) is 3.99. The Labute approximate surface area is 124 Å². The van der Waals surface area contributed by atoms with Crippen LogP contribution in [0.25, 0.3) is 9.40 Å². The summed E-state index contributed by atoms with van der Waals surface area (Å²) >= 11 is 1.03. The van der Waals surface area contributed by atoms with Gasteiger partial charge in [-0.15, -0.1) is 0 Å². The monoisotopic (exact) mass is 338 g/mol. The predicted molar refractivity (Wildman–Crippen MR) is 76.4 cm³/mol. The number of rotatable bonds is 3. The molecule has 1 heterocycles. The standard InChI is InChI=1S/C11H9F3N2O3S2/c1-4(2)15-7-6(16(18)19)3-5(11(12,13)14)8-9(7)21-10(17)20-8/h3-4,15H,1-2H3. The van der Waals surface area contributed by atoms with E-state index in [1.54, 1.807) is 13.8 Å². The topological polar surface area (TPSA) is 72.2 Å². The van der Waals surface area contributed by atoms with E-state index in [4.69, 9.17) is 0 Å². The number of anilines is 1. The third-order valence-corrected chi connectivity index (χ3v) is 4.72. The molecule has 2 aromatic rings. The summed E-state index contributed by atoms with van der Waals surface area (Å²) in [6.07, 6.45) is -4.76. The van der Waals surface area contributed by atoms with Crippen LogP contribution in [0.15, 0.2) is 10.9 Å². The summed E-state index contributed by atoms with van der Waals surface area (Å²) in [5.41, 5.74) is -1.87. The fourth-order valence-electron chi connectivity index (χ4n) is 1.80. The minimum Gasteiger partial charge on any atom is -0.376 e. The maximum atomic E-state index is 13.0. The van der Waals surface area contributed by atoms with Gasteiger partial charge < -0.3 is 5.32 Å². The minimum absolute atomic E-state index is 0.0276. The highest BCUT2D eigenvalue weighted by molar-refractivity contribution is 7.36. The molecule has 0 saturated carbocycles. The zero-order valence-corrected chi connectivity index (χ0v) is 12.4. The number of nitrogens with zero attached hydrogens (tertiary/aromatic N) is 1. The van der Waals surface area contributed by atoms with E-state index in [1.165, 1.54) is 0 Å². The molecule has 0 saturated heterocycles. The molecule has 5 nitrogen and oxygen atoms in total. The largest absolute Gasteiger partial charge is 0.418 e. The zero-order valence-electron chi connectivity index (χ0n) is 10.8. The van der Waals surface area contributed by atoms with Crippen LogP contribution in [0, 0.1) is 10.1 Å². The molecule has 0 bridgehead atoms. The van der Waals surface area contributed by atoms with Crippen LogP contribution in [0.5, 0.6) is 0 Å². The number of nitro groups is 1. The van der Waals surface area contributed by atoms with Gasteiger partial charge in [-0.1, -0.05) is 22.7 Å². The smallest absolute Gasteiger partial charge is 0.376 e. The highest BCUT2D eigenvalue weighted by atomic mass is 32.2. The van der Waals surface area contributed by atoms with Crippen LogP contribution in [0.3, 0.4) is 0 Å². The maximum Gasteiger partial charge on any atom is 0.418 e. The zero-order chi connectivity index (χ0) is 15.9. The molecule has 0 spiro atoms. The molecule has 21 heavy (non-hydrogen) atoms. The number of benzene rings is 1. The van der Waals surface area contributed by atoms with Crippen LogP contribution in [-0.4, -0.2) is 11.0 Å². The summed E-state index contributed by atoms with van der Waals surface area (Å²) in [4.78, 5) is 21.6. The second-order valence-corrected chi connectivity index (χ2v) is 6.71. The Morgan fingerprint density at radius 3 is 2.33 bits per heavy atom. The summed E-state index contributed by atoms with van der Waals surface area (Å²) in [7, 11) is 0. The average Bonchev–Trinajstić information content (AvgIpc) is 2.67. The quantitative estimate of drug-likeness (QED) is 0.676. The van der Waals surface area contributed by atoms with E-state index in [2.05, 4.69) is 5.32 Å². The van der Waals surface area contributed by atoms with Crippen molar-refractivity contribution in [2.24, 2.45) is 0 Å². The second kappa shape index (κ2) is 5.26. The molecule has 0 unspecified atom stereocenters. The molecule has 0 aliphatic heterocycles. The molecular weight excluding hydrogens is 329 g/mol. The van der Waals surface area contributed by atoms with Gasteiger partial charge in [0.1, 0.15) is 5.69 Å². The highest BCUT2D eigenvalue weighted by Gasteiger charge is 2.37. The summed E-state index contributed by atoms with van der Waals surface area (Å²) in [5, 5.41) is 13.8. The summed E-state index contributed by atoms with van der Waals surface area (Å²) in [6, 6.07) is 0.251. The Morgan fingerprint density at radius 1 is 1.29 bits per heavy atom. The average molecular weight is 338 g/mol. The Balaban J connectivity index is 2.91. The van der Waals surface area contributed by atoms with E-state index in [-0.39, 0.29) is 21.1 Å². The lowest BCUT2D eigenvalue weighted by molar-refractivity contribution is -0.384. The van der Waals surface area contributed by atoms with Gasteiger partial charge in [0.2, 0.25) is 0 Å². The Bertz CT molecular complexity index is 764. The lowest BCUT2D eigenvalue weighted by Gasteiger charge is -2.14. The van der Waals surface area contributed by atoms with Crippen molar-refractivity contribution in [3.8, 4) is 0 Å². The molecule has 1 aromatic heterocycles. The molecular formula is C11H9F3N2O3S2. The van der Waals surface area contributed by atoms with Gasteiger partial charge in [-0.25, -0.2) is 0 Å². The van der Waals surface area contributed by atoms with Crippen molar-refractivity contribution in [1.29, 1.82) is 0 Å². The van der Waals surface area contributed by atoms with E-state index < -0.39 is 26.4 Å². The molecule has 0 aliphatic carbocycles. The van der Waals surface area contributed by atoms with Crippen LogP contribution >= 0.6 is 22.7 Å². The highest BCUT2D eigenvalue weighted by Crippen LogP contribution is 2.45. The van der Waals surface area contributed by atoms with Gasteiger partial charge in [0, 0.05) is 12.1 Å². The summed E-state index contributed by atoms with van der Waals surface area (Å²) in [6.45, 7) is 3.39. The number of nitro benzene ring substituents is 1. The number of hydrogen-bond donors (Lipinski definition) is 1. The van der Waals surface area contributed by atoms with E-state index in [1.807, 2.05) is 0 Å². The van der Waals surface area contributed by atoms with E-state index >= 15 is 0 Å². The number of nitrogens with one attached hydrogen (secondary N) is 1. The third kappa shape index (κ3) is 3.00. The maximum absolute atomic E-state index is 13.0. The van der Waals surface area contributed by atoms with Crippen molar-refractivity contribution < 1.29 is 18.1 Å². The Hall–Kier alpha value is -1.68. The predicted octanol–water partition coefficient (Wildman–Crippen LogP) is 4.07. The molecule has 2 rings (SSSR count). The first-order valence-electron chi connectivity index (χ1n) is 5.70. The van der Waals surface area contributed by atoms with Crippen molar-refractivity contribution in [2.75, 3.05) is 5.32 Å². The Morgan fingerprint density at radius 2 is 1.86 bits per heavy atom. The lowest BCUT2D eigenvalue weighted by Crippen LogP contribution is -2.13. The third-order valence-electron chi connectivity index (χ3n) is 2.52. The van der Waals surface area contributed by atoms with Crippen LogP contribution in [0.1, 0.15) is 19.4 Å². The molecule has 10 heteroatoms. The first-order chi connectivity index (χ1) is 9.61. The second-order valence-electron chi connectivity index (χ2n) is 4.48. The molecule has 0 amide bonds. The van der Waals surface area contributed by atoms with Crippen molar-refractivity contribution in [3.05, 3.63) is 30.6 Å². The number of alkyl halides is 3.